The molecule has 0 aliphatic heterocycles. The summed E-state index contributed by atoms with van der Waals surface area (Å²) in [4.78, 5) is 12.3. The average molecular weight is 447 g/mol. The number of hydrogen-bond donors (Lipinski definition) is 1. The summed E-state index contributed by atoms with van der Waals surface area (Å²) in [6, 6.07) is 4.93. The van der Waals surface area contributed by atoms with E-state index in [0.29, 0.717) is 12.1 Å². The van der Waals surface area contributed by atoms with Crippen molar-refractivity contribution < 1.29 is 36.2 Å². The van der Waals surface area contributed by atoms with Gasteiger partial charge in [-0.1, -0.05) is 0 Å². The van der Waals surface area contributed by atoms with E-state index >= 15 is 0 Å². The van der Waals surface area contributed by atoms with Gasteiger partial charge in [-0.3, -0.25) is 9.48 Å². The molecule has 0 bridgehead atoms. The third kappa shape index (κ3) is 6.08. The molecular weight excluding hydrogens is 425 g/mol. The molecule has 1 aliphatic rings. The van der Waals surface area contributed by atoms with Crippen molar-refractivity contribution in [1.29, 1.82) is 0 Å². The van der Waals surface area contributed by atoms with E-state index < -0.39 is 24.4 Å². The summed E-state index contributed by atoms with van der Waals surface area (Å²) in [5.74, 6) is -0.534. The molecule has 0 atom stereocenters. The molecule has 1 aromatic heterocycles. The topological polar surface area (TPSA) is 65.4 Å². The smallest absolute Gasteiger partial charge is 0.435 e. The van der Waals surface area contributed by atoms with Gasteiger partial charge in [-0.25, -0.2) is 0 Å². The number of carbonyl (C=O) groups excluding carboxylic acids is 1. The highest BCUT2D eigenvalue weighted by molar-refractivity contribution is 5.94. The molecule has 11 heteroatoms. The van der Waals surface area contributed by atoms with Crippen LogP contribution in [0.1, 0.15) is 53.8 Å². The van der Waals surface area contributed by atoms with Gasteiger partial charge in [0.05, 0.1) is 6.61 Å². The number of carbonyl (C=O) groups is 1. The summed E-state index contributed by atoms with van der Waals surface area (Å²) in [5.41, 5.74) is -0.162. The van der Waals surface area contributed by atoms with Crippen LogP contribution in [-0.2, 0) is 12.7 Å². The second-order valence-corrected chi connectivity index (χ2v) is 7.03. The molecule has 170 valence electrons. The lowest BCUT2D eigenvalue weighted by molar-refractivity contribution is -0.141. The van der Waals surface area contributed by atoms with Gasteiger partial charge < -0.3 is 14.8 Å². The Morgan fingerprint density at radius 1 is 1.26 bits per heavy atom. The summed E-state index contributed by atoms with van der Waals surface area (Å²) in [6.07, 6.45) is -2.45. The molecule has 1 aliphatic carbocycles. The van der Waals surface area contributed by atoms with Gasteiger partial charge in [0.1, 0.15) is 0 Å². The lowest BCUT2D eigenvalue weighted by atomic mass is 10.2. The fraction of sp³-hybridized carbons (Fsp3) is 0.500. The number of alkyl halides is 5. The number of nitrogens with zero attached hydrogens (tertiary/aromatic N) is 2. The maximum Gasteiger partial charge on any atom is 0.435 e. The van der Waals surface area contributed by atoms with E-state index in [4.69, 9.17) is 4.74 Å². The molecule has 6 nitrogen and oxygen atoms in total. The van der Waals surface area contributed by atoms with Crippen LogP contribution in [0.3, 0.4) is 0 Å². The maximum absolute atomic E-state index is 12.9. The molecular formula is C20H22F5N3O3. The molecule has 1 heterocycles. The normalized spacial score (nSPS) is 14.0. The van der Waals surface area contributed by atoms with Gasteiger partial charge >= 0.3 is 12.8 Å². The predicted octanol–water partition coefficient (Wildman–Crippen LogP) is 4.60. The van der Waals surface area contributed by atoms with E-state index in [9.17, 15) is 26.7 Å². The minimum Gasteiger partial charge on any atom is -0.490 e. The molecule has 0 unspecified atom stereocenters. The van der Waals surface area contributed by atoms with Crippen LogP contribution in [0, 0.1) is 0 Å². The van der Waals surface area contributed by atoms with Crippen LogP contribution in [0.25, 0.3) is 0 Å². The Hall–Kier alpha value is -2.85. The molecule has 31 heavy (non-hydrogen) atoms. The van der Waals surface area contributed by atoms with Crippen LogP contribution in [0.4, 0.5) is 22.0 Å². The first-order chi connectivity index (χ1) is 14.7. The molecule has 0 radical (unpaired) electrons. The summed E-state index contributed by atoms with van der Waals surface area (Å²) in [6.45, 7) is -0.747. The molecule has 1 saturated carbocycles. The first kappa shape index (κ1) is 22.8. The van der Waals surface area contributed by atoms with E-state index in [1.165, 1.54) is 22.9 Å². The fourth-order valence-electron chi connectivity index (χ4n) is 3.10. The number of hydrogen-bond acceptors (Lipinski definition) is 4. The summed E-state index contributed by atoms with van der Waals surface area (Å²) in [7, 11) is 0. The molecule has 1 N–H and O–H groups in total. The Kier molecular flexibility index (Phi) is 7.01. The zero-order valence-electron chi connectivity index (χ0n) is 16.7. The highest BCUT2D eigenvalue weighted by Crippen LogP contribution is 2.42. The highest BCUT2D eigenvalue weighted by atomic mass is 19.4. The van der Waals surface area contributed by atoms with Crippen LogP contribution in [0.15, 0.2) is 24.3 Å². The summed E-state index contributed by atoms with van der Waals surface area (Å²) < 4.78 is 74.7. The number of aryl methyl sites for hydroxylation is 1. The van der Waals surface area contributed by atoms with Crippen LogP contribution in [-0.4, -0.2) is 35.5 Å². The Balaban J connectivity index is 1.57. The Labute approximate surface area is 175 Å². The zero-order valence-corrected chi connectivity index (χ0v) is 16.7. The van der Waals surface area contributed by atoms with Gasteiger partial charge in [0, 0.05) is 30.3 Å². The first-order valence-electron chi connectivity index (χ1n) is 9.83. The lowest BCUT2D eigenvalue weighted by Gasteiger charge is -2.13. The second-order valence-electron chi connectivity index (χ2n) is 7.03. The SMILES string of the molecule is CCOc1cc(C(=O)NCCCn2nc(C(F)(F)F)cc2C2CC2)ccc1OC(F)F. The van der Waals surface area contributed by atoms with Gasteiger partial charge in [-0.05, 0) is 50.5 Å². The lowest BCUT2D eigenvalue weighted by Crippen LogP contribution is -2.25. The van der Waals surface area contributed by atoms with Crippen molar-refractivity contribution in [3.8, 4) is 11.5 Å². The third-order valence-corrected chi connectivity index (χ3v) is 4.65. The standard InChI is InChI=1S/C20H22F5N3O3/c1-2-30-16-10-13(6-7-15(16)31-19(21)22)18(29)26-8-3-9-28-14(12-4-5-12)11-17(27-28)20(23,24)25/h6-7,10-12,19H,2-5,8-9H2,1H3,(H,26,29). The van der Waals surface area contributed by atoms with Gasteiger partial charge in [0.2, 0.25) is 0 Å². The number of halogens is 5. The largest absolute Gasteiger partial charge is 0.490 e. The molecule has 1 aromatic carbocycles. The Bertz CT molecular complexity index is 910. The molecule has 2 aromatic rings. The Morgan fingerprint density at radius 3 is 2.61 bits per heavy atom. The number of nitrogens with one attached hydrogen (secondary N) is 1. The van der Waals surface area contributed by atoms with E-state index in [0.717, 1.165) is 18.9 Å². The first-order valence-corrected chi connectivity index (χ1v) is 9.83. The maximum atomic E-state index is 12.9. The summed E-state index contributed by atoms with van der Waals surface area (Å²) in [5, 5.41) is 6.32. The number of rotatable bonds is 10. The Morgan fingerprint density at radius 2 is 2.00 bits per heavy atom. The van der Waals surface area contributed by atoms with E-state index in [1.54, 1.807) is 6.92 Å². The number of aromatic nitrogens is 2. The van der Waals surface area contributed by atoms with Crippen molar-refractivity contribution in [1.82, 2.24) is 15.1 Å². The highest BCUT2D eigenvalue weighted by Gasteiger charge is 2.37. The number of benzene rings is 1. The molecule has 1 fully saturated rings. The quantitative estimate of drug-likeness (QED) is 0.427. The van der Waals surface area contributed by atoms with Gasteiger partial charge in [-0.2, -0.15) is 27.1 Å². The molecule has 0 saturated heterocycles. The van der Waals surface area contributed by atoms with Crippen molar-refractivity contribution >= 4 is 5.91 Å². The van der Waals surface area contributed by atoms with Crippen molar-refractivity contribution in [2.45, 2.75) is 51.4 Å². The van der Waals surface area contributed by atoms with Crippen molar-refractivity contribution in [3.63, 3.8) is 0 Å². The minimum atomic E-state index is -4.50. The van der Waals surface area contributed by atoms with Gasteiger partial charge in [0.15, 0.2) is 17.2 Å². The molecule has 1 amide bonds. The van der Waals surface area contributed by atoms with Crippen molar-refractivity contribution in [3.05, 3.63) is 41.2 Å². The average Bonchev–Trinajstić information content (AvgIpc) is 3.44. The van der Waals surface area contributed by atoms with E-state index in [1.807, 2.05) is 0 Å². The number of ether oxygens (including phenoxy) is 2. The van der Waals surface area contributed by atoms with Crippen LogP contribution in [0.5, 0.6) is 11.5 Å². The third-order valence-electron chi connectivity index (χ3n) is 4.65. The predicted molar refractivity (Wildman–Crippen MR) is 100 cm³/mol. The number of amides is 1. The van der Waals surface area contributed by atoms with E-state index in [-0.39, 0.29) is 42.7 Å². The summed E-state index contributed by atoms with van der Waals surface area (Å²) >= 11 is 0. The minimum absolute atomic E-state index is 0.0146. The zero-order chi connectivity index (χ0) is 22.6. The van der Waals surface area contributed by atoms with Gasteiger partial charge in [0.25, 0.3) is 5.91 Å². The van der Waals surface area contributed by atoms with Crippen LogP contribution >= 0.6 is 0 Å². The molecule has 0 spiro atoms. The second kappa shape index (κ2) is 9.52. The van der Waals surface area contributed by atoms with Gasteiger partial charge in [-0.15, -0.1) is 0 Å². The molecule has 3 rings (SSSR count). The van der Waals surface area contributed by atoms with Crippen LogP contribution in [0.2, 0.25) is 0 Å². The van der Waals surface area contributed by atoms with Crippen LogP contribution < -0.4 is 14.8 Å². The van der Waals surface area contributed by atoms with E-state index in [2.05, 4.69) is 15.2 Å². The van der Waals surface area contributed by atoms with Crippen molar-refractivity contribution in [2.75, 3.05) is 13.2 Å². The monoisotopic (exact) mass is 447 g/mol. The fourth-order valence-corrected chi connectivity index (χ4v) is 3.10. The van der Waals surface area contributed by atoms with Crippen molar-refractivity contribution in [2.24, 2.45) is 0 Å².